The number of fused-ring (bicyclic) bond motifs is 1. The van der Waals surface area contributed by atoms with Gasteiger partial charge in [-0.3, -0.25) is 0 Å². The standard InChI is InChI=1S/C21H25NO3/c1-24-17-2-3-18-16(7-20(23)25-19(18)8-17)12-22-21-9-13-4-14(10-21)6-15(5-13)11-21/h2-3,7-8,13-15,22H,4-6,9-12H2,1H3. The molecule has 25 heavy (non-hydrogen) atoms. The molecule has 0 spiro atoms. The topological polar surface area (TPSA) is 51.5 Å². The quantitative estimate of drug-likeness (QED) is 0.860. The van der Waals surface area contributed by atoms with Crippen LogP contribution in [0.25, 0.3) is 11.0 Å². The Morgan fingerprint density at radius 2 is 1.80 bits per heavy atom. The van der Waals surface area contributed by atoms with Gasteiger partial charge in [0, 0.05) is 29.6 Å². The molecule has 4 bridgehead atoms. The smallest absolute Gasteiger partial charge is 0.336 e. The van der Waals surface area contributed by atoms with Crippen molar-refractivity contribution >= 4 is 11.0 Å². The van der Waals surface area contributed by atoms with Crippen molar-refractivity contribution in [2.24, 2.45) is 17.8 Å². The minimum Gasteiger partial charge on any atom is -0.497 e. The molecule has 0 radical (unpaired) electrons. The predicted octanol–water partition coefficient (Wildman–Crippen LogP) is 3.86. The summed E-state index contributed by atoms with van der Waals surface area (Å²) < 4.78 is 10.6. The van der Waals surface area contributed by atoms with Gasteiger partial charge in [-0.15, -0.1) is 0 Å². The molecular weight excluding hydrogens is 314 g/mol. The van der Waals surface area contributed by atoms with Crippen molar-refractivity contribution in [3.05, 3.63) is 40.2 Å². The average molecular weight is 339 g/mol. The minimum atomic E-state index is -0.289. The van der Waals surface area contributed by atoms with Gasteiger partial charge < -0.3 is 14.5 Å². The first-order chi connectivity index (χ1) is 12.1. The molecule has 0 atom stereocenters. The highest BCUT2D eigenvalue weighted by molar-refractivity contribution is 5.81. The molecule has 1 aromatic carbocycles. The first kappa shape index (κ1) is 15.4. The van der Waals surface area contributed by atoms with Crippen LogP contribution in [-0.4, -0.2) is 12.6 Å². The van der Waals surface area contributed by atoms with Crippen LogP contribution in [0.2, 0.25) is 0 Å². The third kappa shape index (κ3) is 2.67. The van der Waals surface area contributed by atoms with Gasteiger partial charge in [0.15, 0.2) is 0 Å². The fourth-order valence-electron chi connectivity index (χ4n) is 6.09. The van der Waals surface area contributed by atoms with E-state index in [0.717, 1.165) is 35.2 Å². The molecule has 2 aromatic rings. The average Bonchev–Trinajstić information content (AvgIpc) is 2.58. The van der Waals surface area contributed by atoms with Gasteiger partial charge >= 0.3 is 5.63 Å². The number of ether oxygens (including phenoxy) is 1. The molecule has 4 aliphatic rings. The van der Waals surface area contributed by atoms with Gasteiger partial charge in [-0.2, -0.15) is 0 Å². The van der Waals surface area contributed by atoms with Crippen LogP contribution in [-0.2, 0) is 6.54 Å². The molecule has 1 N–H and O–H groups in total. The Kier molecular flexibility index (Phi) is 3.46. The highest BCUT2D eigenvalue weighted by Gasteiger charge is 2.50. The molecule has 4 fully saturated rings. The van der Waals surface area contributed by atoms with E-state index in [1.165, 1.54) is 38.5 Å². The third-order valence-corrected chi connectivity index (χ3v) is 6.73. The Balaban J connectivity index is 1.44. The second-order valence-corrected chi connectivity index (χ2v) is 8.50. The summed E-state index contributed by atoms with van der Waals surface area (Å²) in [4.78, 5) is 12.0. The molecule has 6 rings (SSSR count). The number of nitrogens with one attached hydrogen (secondary N) is 1. The van der Waals surface area contributed by atoms with Gasteiger partial charge in [-0.25, -0.2) is 4.79 Å². The van der Waals surface area contributed by atoms with Crippen molar-refractivity contribution in [3.63, 3.8) is 0 Å². The molecule has 132 valence electrons. The van der Waals surface area contributed by atoms with E-state index in [1.807, 2.05) is 12.1 Å². The van der Waals surface area contributed by atoms with Crippen LogP contribution < -0.4 is 15.7 Å². The minimum absolute atomic E-state index is 0.289. The van der Waals surface area contributed by atoms with Gasteiger partial charge in [-0.05, 0) is 74.0 Å². The maximum absolute atomic E-state index is 12.0. The van der Waals surface area contributed by atoms with Crippen LogP contribution in [0.5, 0.6) is 5.75 Å². The van der Waals surface area contributed by atoms with Crippen LogP contribution in [0.3, 0.4) is 0 Å². The van der Waals surface area contributed by atoms with E-state index in [2.05, 4.69) is 5.32 Å². The van der Waals surface area contributed by atoms with Gasteiger partial charge in [-0.1, -0.05) is 0 Å². The maximum Gasteiger partial charge on any atom is 0.336 e. The first-order valence-electron chi connectivity index (χ1n) is 9.48. The number of hydrogen-bond acceptors (Lipinski definition) is 4. The Hall–Kier alpha value is -1.81. The van der Waals surface area contributed by atoms with Crippen LogP contribution in [0.15, 0.2) is 33.5 Å². The Labute approximate surface area is 147 Å². The molecule has 1 aromatic heterocycles. The molecule has 4 heteroatoms. The van der Waals surface area contributed by atoms with E-state index in [1.54, 1.807) is 19.2 Å². The summed E-state index contributed by atoms with van der Waals surface area (Å²) in [6.45, 7) is 0.737. The lowest BCUT2D eigenvalue weighted by atomic mass is 9.53. The summed E-state index contributed by atoms with van der Waals surface area (Å²) in [6, 6.07) is 7.36. The van der Waals surface area contributed by atoms with E-state index in [0.29, 0.717) is 16.9 Å². The number of hydrogen-bond donors (Lipinski definition) is 1. The number of methoxy groups -OCH3 is 1. The normalized spacial score (nSPS) is 33.1. The molecule has 1 heterocycles. The van der Waals surface area contributed by atoms with Crippen LogP contribution in [0.4, 0.5) is 0 Å². The lowest BCUT2D eigenvalue weighted by Gasteiger charge is -2.57. The Morgan fingerprint density at radius 1 is 1.12 bits per heavy atom. The summed E-state index contributed by atoms with van der Waals surface area (Å²) >= 11 is 0. The van der Waals surface area contributed by atoms with E-state index < -0.39 is 0 Å². The molecule has 0 unspecified atom stereocenters. The molecule has 4 saturated carbocycles. The summed E-state index contributed by atoms with van der Waals surface area (Å²) in [6.07, 6.45) is 8.26. The van der Waals surface area contributed by atoms with Crippen molar-refractivity contribution in [1.82, 2.24) is 5.32 Å². The SMILES string of the molecule is COc1ccc2c(CNC34CC5CC(CC(C5)C3)C4)cc(=O)oc2c1. The molecule has 4 aliphatic carbocycles. The van der Waals surface area contributed by atoms with Crippen molar-refractivity contribution in [1.29, 1.82) is 0 Å². The van der Waals surface area contributed by atoms with Gasteiger partial charge in [0.1, 0.15) is 11.3 Å². The van der Waals surface area contributed by atoms with E-state index in [4.69, 9.17) is 9.15 Å². The van der Waals surface area contributed by atoms with Crippen molar-refractivity contribution in [2.75, 3.05) is 7.11 Å². The van der Waals surface area contributed by atoms with E-state index >= 15 is 0 Å². The fraction of sp³-hybridized carbons (Fsp3) is 0.571. The highest BCUT2D eigenvalue weighted by atomic mass is 16.5. The van der Waals surface area contributed by atoms with Crippen LogP contribution in [0.1, 0.15) is 44.1 Å². The molecule has 0 aliphatic heterocycles. The maximum atomic E-state index is 12.0. The summed E-state index contributed by atoms with van der Waals surface area (Å²) in [5.41, 5.74) is 1.64. The molecular formula is C21H25NO3. The van der Waals surface area contributed by atoms with Crippen molar-refractivity contribution in [2.45, 2.75) is 50.6 Å². The van der Waals surface area contributed by atoms with Gasteiger partial charge in [0.25, 0.3) is 0 Å². The lowest BCUT2D eigenvalue weighted by Crippen LogP contribution is -2.58. The summed E-state index contributed by atoms with van der Waals surface area (Å²) in [7, 11) is 1.62. The summed E-state index contributed by atoms with van der Waals surface area (Å²) in [5.74, 6) is 3.46. The zero-order chi connectivity index (χ0) is 17.0. The summed E-state index contributed by atoms with van der Waals surface area (Å²) in [5, 5.41) is 4.88. The van der Waals surface area contributed by atoms with Crippen LogP contribution >= 0.6 is 0 Å². The second-order valence-electron chi connectivity index (χ2n) is 8.50. The first-order valence-corrected chi connectivity index (χ1v) is 9.48. The van der Waals surface area contributed by atoms with Crippen molar-refractivity contribution in [3.8, 4) is 5.75 Å². The molecule has 4 nitrogen and oxygen atoms in total. The zero-order valence-corrected chi connectivity index (χ0v) is 14.7. The number of rotatable bonds is 4. The zero-order valence-electron chi connectivity index (χ0n) is 14.7. The predicted molar refractivity (Wildman–Crippen MR) is 96.8 cm³/mol. The number of benzene rings is 1. The van der Waals surface area contributed by atoms with Gasteiger partial charge in [0.05, 0.1) is 7.11 Å². The van der Waals surface area contributed by atoms with E-state index in [-0.39, 0.29) is 5.63 Å². The lowest BCUT2D eigenvalue weighted by molar-refractivity contribution is -0.0205. The van der Waals surface area contributed by atoms with Crippen molar-refractivity contribution < 1.29 is 9.15 Å². The Morgan fingerprint density at radius 3 is 2.44 bits per heavy atom. The van der Waals surface area contributed by atoms with E-state index in [9.17, 15) is 4.79 Å². The van der Waals surface area contributed by atoms with Crippen LogP contribution in [0, 0.1) is 17.8 Å². The van der Waals surface area contributed by atoms with Gasteiger partial charge in [0.2, 0.25) is 0 Å². The molecule has 0 amide bonds. The monoisotopic (exact) mass is 339 g/mol. The molecule has 0 saturated heterocycles. The largest absolute Gasteiger partial charge is 0.497 e. The third-order valence-electron chi connectivity index (χ3n) is 6.73. The Bertz CT molecular complexity index is 834. The second kappa shape index (κ2) is 5.60. The fourth-order valence-corrected chi connectivity index (χ4v) is 6.09. The highest BCUT2D eigenvalue weighted by Crippen LogP contribution is 2.55.